The minimum absolute atomic E-state index is 0.115. The van der Waals surface area contributed by atoms with Crippen molar-refractivity contribution in [2.45, 2.75) is 0 Å². The maximum Gasteiger partial charge on any atom is 0.337 e. The van der Waals surface area contributed by atoms with Gasteiger partial charge < -0.3 is 15.5 Å². The van der Waals surface area contributed by atoms with E-state index in [-0.39, 0.29) is 11.4 Å². The van der Waals surface area contributed by atoms with Crippen molar-refractivity contribution in [1.82, 2.24) is 4.98 Å². The molecule has 7 heteroatoms. The second-order valence-corrected chi connectivity index (χ2v) is 6.59. The van der Waals surface area contributed by atoms with E-state index in [0.717, 1.165) is 16.8 Å². The quantitative estimate of drug-likeness (QED) is 0.632. The van der Waals surface area contributed by atoms with Crippen molar-refractivity contribution in [3.8, 4) is 5.88 Å². The zero-order valence-electron chi connectivity index (χ0n) is 13.4. The number of fused-ring (bicyclic) bond motifs is 1. The number of carbonyl (C=O) groups is 1. The Kier molecular flexibility index (Phi) is 3.98. The third-order valence-electron chi connectivity index (χ3n) is 3.88. The summed E-state index contributed by atoms with van der Waals surface area (Å²) in [6.45, 7) is 0. The van der Waals surface area contributed by atoms with Crippen LogP contribution in [0, 0.1) is 0 Å². The summed E-state index contributed by atoms with van der Waals surface area (Å²) in [5.41, 5.74) is 3.32. The van der Waals surface area contributed by atoms with Gasteiger partial charge in [-0.25, -0.2) is 4.79 Å². The van der Waals surface area contributed by atoms with Gasteiger partial charge in [0.1, 0.15) is 0 Å². The molecule has 0 saturated carbocycles. The first-order valence-electron chi connectivity index (χ1n) is 7.76. The zero-order chi connectivity index (χ0) is 18.1. The second kappa shape index (κ2) is 6.45. The topological polar surface area (TPSA) is 94.8 Å². The Morgan fingerprint density at radius 3 is 2.73 bits per heavy atom. The third kappa shape index (κ3) is 2.96. The molecule has 1 aliphatic heterocycles. The Morgan fingerprint density at radius 1 is 1.12 bits per heavy atom. The third-order valence-corrected chi connectivity index (χ3v) is 4.78. The number of allylic oxidation sites excluding steroid dienone is 1. The molecule has 0 aliphatic carbocycles. The van der Waals surface area contributed by atoms with E-state index in [0.29, 0.717) is 15.7 Å². The summed E-state index contributed by atoms with van der Waals surface area (Å²) in [6.07, 6.45) is 3.56. The fourth-order valence-corrected chi connectivity index (χ4v) is 3.48. The molecular formula is C19H13N3O3S. The van der Waals surface area contributed by atoms with Crippen molar-refractivity contribution in [3.05, 3.63) is 64.5 Å². The lowest BCUT2D eigenvalue weighted by Crippen LogP contribution is -2.01. The van der Waals surface area contributed by atoms with E-state index < -0.39 is 5.97 Å². The molecule has 0 radical (unpaired) electrons. The Labute approximate surface area is 152 Å². The first kappa shape index (κ1) is 16.0. The summed E-state index contributed by atoms with van der Waals surface area (Å²) in [5, 5.41) is 22.8. The van der Waals surface area contributed by atoms with Crippen LogP contribution in [-0.2, 0) is 0 Å². The van der Waals surface area contributed by atoms with Gasteiger partial charge in [0.25, 0.3) is 0 Å². The fourth-order valence-electron chi connectivity index (χ4n) is 2.66. The highest BCUT2D eigenvalue weighted by molar-refractivity contribution is 7.16. The SMILES string of the molecule is O=C(O)c1ccccc1Nc1nc(O)c(C=C2C=Nc3ccccc32)s1. The predicted octanol–water partition coefficient (Wildman–Crippen LogP) is 4.55. The number of aromatic carboxylic acids is 1. The number of aliphatic imine (C=N–C) groups is 1. The number of rotatable bonds is 4. The smallest absolute Gasteiger partial charge is 0.337 e. The zero-order valence-corrected chi connectivity index (χ0v) is 14.2. The lowest BCUT2D eigenvalue weighted by molar-refractivity contribution is 0.0698. The van der Waals surface area contributed by atoms with E-state index in [4.69, 9.17) is 0 Å². The minimum atomic E-state index is -1.03. The van der Waals surface area contributed by atoms with Gasteiger partial charge in [0.05, 0.1) is 21.8 Å². The van der Waals surface area contributed by atoms with Gasteiger partial charge in [-0.15, -0.1) is 0 Å². The standard InChI is InChI=1S/C19H13N3O3S/c23-17-16(9-11-10-20-14-7-3-1-5-12(11)14)26-19(22-17)21-15-8-4-2-6-13(15)18(24)25/h1-10,23H,(H,21,22)(H,24,25). The maximum atomic E-state index is 11.3. The first-order valence-corrected chi connectivity index (χ1v) is 8.58. The summed E-state index contributed by atoms with van der Waals surface area (Å²) in [5.74, 6) is -1.15. The van der Waals surface area contributed by atoms with Gasteiger partial charge in [-0.05, 0) is 24.3 Å². The molecular weight excluding hydrogens is 350 g/mol. The van der Waals surface area contributed by atoms with Gasteiger partial charge in [-0.1, -0.05) is 41.7 Å². The molecule has 0 spiro atoms. The van der Waals surface area contributed by atoms with Crippen LogP contribution < -0.4 is 5.32 Å². The van der Waals surface area contributed by atoms with Crippen LogP contribution in [-0.4, -0.2) is 27.4 Å². The first-order chi connectivity index (χ1) is 12.6. The van der Waals surface area contributed by atoms with Gasteiger partial charge in [0, 0.05) is 17.4 Å². The molecule has 4 rings (SSSR count). The molecule has 0 saturated heterocycles. The molecule has 3 N–H and O–H groups in total. The molecule has 1 aliphatic rings. The lowest BCUT2D eigenvalue weighted by Gasteiger charge is -2.05. The fraction of sp³-hybridized carbons (Fsp3) is 0. The molecule has 1 aromatic heterocycles. The van der Waals surface area contributed by atoms with Crippen LogP contribution in [0.15, 0.2) is 53.5 Å². The van der Waals surface area contributed by atoms with Crippen LogP contribution in [0.3, 0.4) is 0 Å². The van der Waals surface area contributed by atoms with Gasteiger partial charge in [-0.2, -0.15) is 4.98 Å². The van der Waals surface area contributed by atoms with Crippen molar-refractivity contribution in [3.63, 3.8) is 0 Å². The number of carboxylic acids is 1. The van der Waals surface area contributed by atoms with Gasteiger partial charge >= 0.3 is 5.97 Å². The van der Waals surface area contributed by atoms with Crippen LogP contribution >= 0.6 is 11.3 Å². The number of anilines is 2. The van der Waals surface area contributed by atoms with Crippen LogP contribution in [0.2, 0.25) is 0 Å². The van der Waals surface area contributed by atoms with Crippen LogP contribution in [0.1, 0.15) is 20.8 Å². The molecule has 0 atom stereocenters. The number of aromatic hydroxyl groups is 1. The molecule has 0 fully saturated rings. The molecule has 2 aromatic carbocycles. The summed E-state index contributed by atoms with van der Waals surface area (Å²) in [4.78, 5) is 20.3. The van der Waals surface area contributed by atoms with E-state index in [9.17, 15) is 15.0 Å². The largest absolute Gasteiger partial charge is 0.492 e. The van der Waals surface area contributed by atoms with E-state index in [1.54, 1.807) is 24.4 Å². The number of thiazole rings is 1. The molecule has 0 amide bonds. The number of hydrogen-bond acceptors (Lipinski definition) is 6. The number of para-hydroxylation sites is 2. The van der Waals surface area contributed by atoms with Crippen molar-refractivity contribution in [2.75, 3.05) is 5.32 Å². The average Bonchev–Trinajstić information content (AvgIpc) is 3.19. The van der Waals surface area contributed by atoms with Crippen LogP contribution in [0.25, 0.3) is 11.6 Å². The highest BCUT2D eigenvalue weighted by Gasteiger charge is 2.16. The summed E-state index contributed by atoms with van der Waals surface area (Å²) >= 11 is 1.23. The van der Waals surface area contributed by atoms with E-state index in [1.165, 1.54) is 17.4 Å². The van der Waals surface area contributed by atoms with Gasteiger partial charge in [0.2, 0.25) is 5.88 Å². The van der Waals surface area contributed by atoms with Crippen molar-refractivity contribution >= 4 is 51.7 Å². The Hall–Kier alpha value is -3.45. The average molecular weight is 363 g/mol. The summed E-state index contributed by atoms with van der Waals surface area (Å²) in [6, 6.07) is 14.3. The number of benzene rings is 2. The molecule has 6 nitrogen and oxygen atoms in total. The molecule has 2 heterocycles. The maximum absolute atomic E-state index is 11.3. The molecule has 3 aromatic rings. The Bertz CT molecular complexity index is 1070. The second-order valence-electron chi connectivity index (χ2n) is 5.56. The highest BCUT2D eigenvalue weighted by Crippen LogP contribution is 2.37. The predicted molar refractivity (Wildman–Crippen MR) is 103 cm³/mol. The van der Waals surface area contributed by atoms with Gasteiger partial charge in [0.15, 0.2) is 5.13 Å². The number of nitrogens with zero attached hydrogens (tertiary/aromatic N) is 2. The van der Waals surface area contributed by atoms with E-state index >= 15 is 0 Å². The lowest BCUT2D eigenvalue weighted by atomic mass is 10.1. The van der Waals surface area contributed by atoms with Crippen LogP contribution in [0.4, 0.5) is 16.5 Å². The van der Waals surface area contributed by atoms with E-state index in [2.05, 4.69) is 15.3 Å². The Morgan fingerprint density at radius 2 is 1.88 bits per heavy atom. The molecule has 128 valence electrons. The normalized spacial score (nSPS) is 13.8. The highest BCUT2D eigenvalue weighted by atomic mass is 32.1. The van der Waals surface area contributed by atoms with E-state index in [1.807, 2.05) is 30.3 Å². The summed E-state index contributed by atoms with van der Waals surface area (Å²) < 4.78 is 0. The van der Waals surface area contributed by atoms with Gasteiger partial charge in [-0.3, -0.25) is 4.99 Å². The van der Waals surface area contributed by atoms with Crippen LogP contribution in [0.5, 0.6) is 5.88 Å². The number of nitrogens with one attached hydrogen (secondary N) is 1. The van der Waals surface area contributed by atoms with Crippen molar-refractivity contribution in [1.29, 1.82) is 0 Å². The molecule has 0 bridgehead atoms. The molecule has 26 heavy (non-hydrogen) atoms. The number of carboxylic acid groups (broad SMARTS) is 1. The minimum Gasteiger partial charge on any atom is -0.492 e. The molecule has 0 unspecified atom stereocenters. The van der Waals surface area contributed by atoms with Crippen molar-refractivity contribution < 1.29 is 15.0 Å². The Balaban J connectivity index is 1.65. The number of hydrogen-bond donors (Lipinski definition) is 3. The monoisotopic (exact) mass is 363 g/mol. The van der Waals surface area contributed by atoms with Crippen molar-refractivity contribution in [2.24, 2.45) is 4.99 Å². The number of aromatic nitrogens is 1. The summed E-state index contributed by atoms with van der Waals surface area (Å²) in [7, 11) is 0.